The van der Waals surface area contributed by atoms with E-state index in [9.17, 15) is 38.7 Å². The van der Waals surface area contributed by atoms with Gasteiger partial charge in [0.15, 0.2) is 0 Å². The fourth-order valence-electron chi connectivity index (χ4n) is 11.0. The highest BCUT2D eigenvalue weighted by Gasteiger charge is 2.73. The first kappa shape index (κ1) is 53.7. The van der Waals surface area contributed by atoms with Gasteiger partial charge in [0.1, 0.15) is 46.9 Å². The Kier molecular flexibility index (Phi) is 15.7. The monoisotopic (exact) mass is 1030 g/mol. The smallest absolute Gasteiger partial charge is 0.403 e. The van der Waals surface area contributed by atoms with E-state index in [1.54, 1.807) is 24.3 Å². The van der Waals surface area contributed by atoms with Gasteiger partial charge in [-0.15, -0.1) is 0 Å². The fraction of sp³-hybridized carbons (Fsp3) is 0.627. The number of aromatic hydroxyl groups is 1. The minimum absolute atomic E-state index is 0.0687. The highest BCUT2D eigenvalue weighted by atomic mass is 35.5. The van der Waals surface area contributed by atoms with Crippen molar-refractivity contribution in [1.29, 1.82) is 0 Å². The van der Waals surface area contributed by atoms with Crippen LogP contribution in [-0.4, -0.2) is 124 Å². The summed E-state index contributed by atoms with van der Waals surface area (Å²) >= 11 is 12.9. The van der Waals surface area contributed by atoms with Crippen molar-refractivity contribution in [1.82, 2.24) is 36.0 Å². The summed E-state index contributed by atoms with van der Waals surface area (Å²) in [6.07, 6.45) is -2.00. The lowest BCUT2D eigenvalue weighted by Gasteiger charge is -2.61. The molecule has 3 saturated carbocycles. The van der Waals surface area contributed by atoms with E-state index < -0.39 is 94.1 Å². The summed E-state index contributed by atoms with van der Waals surface area (Å²) in [5.41, 5.74) is -3.25. The molecule has 0 unspecified atom stereocenters. The molecule has 15 nitrogen and oxygen atoms in total. The highest BCUT2D eigenvalue weighted by Crippen LogP contribution is 2.69. The molecule has 2 aromatic rings. The molecule has 3 aliphatic carbocycles. The van der Waals surface area contributed by atoms with E-state index in [1.165, 1.54) is 49.9 Å². The van der Waals surface area contributed by atoms with Gasteiger partial charge < -0.3 is 41.1 Å². The largest absolute Gasteiger partial charge is 0.508 e. The average molecular weight is 1030 g/mol. The van der Waals surface area contributed by atoms with Crippen molar-refractivity contribution in [3.8, 4) is 5.75 Å². The standard InChI is InChI=1S/C51H66Cl2F3N7O8/c1-28(2)20-36-44(68)62(6)38(24-31-21-33(52)14-16-35(31)53)43(67)60-48(3,4)46(70)57-19-8-7-10-37(41(65)58-36)61(5)45(69)40(29-11-12-29)59-42(66)39-23-30-13-15-34(64)22-32(30)25-63(39)47(71)50(51(54,55)56)26-49(27-50)17-9-18-49/h13-16,21-22,28-29,36-40,64H,7-12,17-20,23-27H2,1-6H3,(H,57,70)(H,58,65)(H,59,66)(H,60,67)/t36-,37-,38-,39-,40-/m0/s1. The normalized spacial score (nSPS) is 25.2. The van der Waals surface area contributed by atoms with E-state index in [4.69, 9.17) is 23.2 Å². The van der Waals surface area contributed by atoms with Crippen LogP contribution in [0.5, 0.6) is 5.75 Å². The molecule has 7 rings (SSSR count). The summed E-state index contributed by atoms with van der Waals surface area (Å²) in [5, 5.41) is 22.2. The molecule has 5 atom stereocenters. The number of nitrogens with one attached hydrogen (secondary N) is 4. The van der Waals surface area contributed by atoms with E-state index >= 15 is 13.2 Å². The number of nitrogens with zero attached hydrogens (tertiary/aromatic N) is 3. The molecule has 2 heterocycles. The predicted molar refractivity (Wildman–Crippen MR) is 259 cm³/mol. The Bertz CT molecular complexity index is 2420. The SMILES string of the molecule is CC(C)C[C@@H]1NC(=O)[C@@H](N(C)C(=O)[C@@H](NC(=O)[C@@H]2Cc3ccc(O)cc3CN2C(=O)C2(C(F)(F)F)CC3(CCC3)C2)C2CC2)CCCCNC(=O)C(C)(C)NC(=O)[C@H](Cc2cc(Cl)ccc2Cl)N(C)C1=O. The van der Waals surface area contributed by atoms with Gasteiger partial charge >= 0.3 is 6.18 Å². The fourth-order valence-corrected chi connectivity index (χ4v) is 11.4. The number of phenols is 1. The van der Waals surface area contributed by atoms with Crippen molar-refractivity contribution >= 4 is 64.6 Å². The van der Waals surface area contributed by atoms with Gasteiger partial charge in [-0.25, -0.2) is 0 Å². The Morgan fingerprint density at radius 2 is 1.63 bits per heavy atom. The van der Waals surface area contributed by atoms with Gasteiger partial charge in [-0.1, -0.05) is 49.5 Å². The first-order valence-corrected chi connectivity index (χ1v) is 25.4. The Hall–Kier alpha value is -5.10. The van der Waals surface area contributed by atoms with Gasteiger partial charge in [0, 0.05) is 50.1 Å². The number of phenolic OH excluding ortho intramolecular Hbond substituents is 1. The summed E-state index contributed by atoms with van der Waals surface area (Å²) < 4.78 is 45.2. The number of carbonyl (C=O) groups excluding carboxylic acids is 7. The number of fused-ring (bicyclic) bond motifs is 1. The van der Waals surface area contributed by atoms with Crippen molar-refractivity contribution in [2.45, 2.75) is 160 Å². The summed E-state index contributed by atoms with van der Waals surface area (Å²) in [6.45, 7) is 6.57. The molecular formula is C51H66Cl2F3N7O8. The molecule has 5 aliphatic rings. The molecule has 4 fully saturated rings. The van der Waals surface area contributed by atoms with E-state index in [2.05, 4.69) is 21.3 Å². The van der Waals surface area contributed by atoms with Crippen LogP contribution in [0.2, 0.25) is 10.0 Å². The van der Waals surface area contributed by atoms with Crippen molar-refractivity contribution in [3.63, 3.8) is 0 Å². The van der Waals surface area contributed by atoms with Crippen molar-refractivity contribution in [3.05, 3.63) is 63.1 Å². The maximum absolute atomic E-state index is 15.1. The third-order valence-corrected chi connectivity index (χ3v) is 16.0. The zero-order valence-electron chi connectivity index (χ0n) is 41.1. The van der Waals surface area contributed by atoms with Crippen molar-refractivity contribution in [2.24, 2.45) is 22.7 Å². The third-order valence-electron chi connectivity index (χ3n) is 15.4. The highest BCUT2D eigenvalue weighted by molar-refractivity contribution is 6.33. The average Bonchev–Trinajstić information content (AvgIpc) is 4.11. The molecule has 388 valence electrons. The van der Waals surface area contributed by atoms with Crippen LogP contribution in [-0.2, 0) is 52.9 Å². The lowest BCUT2D eigenvalue weighted by Crippen LogP contribution is -2.67. The van der Waals surface area contributed by atoms with E-state index in [0.29, 0.717) is 60.2 Å². The second-order valence-corrected chi connectivity index (χ2v) is 22.5. The molecule has 0 radical (unpaired) electrons. The summed E-state index contributed by atoms with van der Waals surface area (Å²) in [6, 6.07) is 2.76. The van der Waals surface area contributed by atoms with Crippen LogP contribution in [0.3, 0.4) is 0 Å². The third kappa shape index (κ3) is 11.4. The van der Waals surface area contributed by atoms with Crippen LogP contribution >= 0.6 is 23.2 Å². The Balaban J connectivity index is 1.16. The number of halogens is 5. The molecule has 0 aromatic heterocycles. The lowest BCUT2D eigenvalue weighted by molar-refractivity contribution is -0.286. The van der Waals surface area contributed by atoms with E-state index in [-0.39, 0.29) is 74.2 Å². The second kappa shape index (κ2) is 20.8. The van der Waals surface area contributed by atoms with Crippen molar-refractivity contribution < 1.29 is 51.8 Å². The van der Waals surface area contributed by atoms with Gasteiger partial charge in [0.2, 0.25) is 41.4 Å². The van der Waals surface area contributed by atoms with Crippen LogP contribution in [0.4, 0.5) is 13.2 Å². The van der Waals surface area contributed by atoms with E-state index in [1.807, 2.05) is 13.8 Å². The van der Waals surface area contributed by atoms with Gasteiger partial charge in [-0.05, 0) is 142 Å². The zero-order chi connectivity index (χ0) is 52.0. The number of benzene rings is 2. The quantitative estimate of drug-likeness (QED) is 0.192. The van der Waals surface area contributed by atoms with Crippen LogP contribution in [0.15, 0.2) is 36.4 Å². The number of likely N-dealkylation sites (N-methyl/N-ethyl adjacent to an activating group) is 2. The molecule has 1 saturated heterocycles. The minimum Gasteiger partial charge on any atom is -0.508 e. The molecule has 20 heteroatoms. The first-order valence-electron chi connectivity index (χ1n) is 24.6. The molecule has 0 bridgehead atoms. The first-order chi connectivity index (χ1) is 33.3. The van der Waals surface area contributed by atoms with Crippen LogP contribution in [0, 0.1) is 22.7 Å². The molecule has 71 heavy (non-hydrogen) atoms. The molecule has 5 N–H and O–H groups in total. The number of carbonyl (C=O) groups is 7. The zero-order valence-corrected chi connectivity index (χ0v) is 42.7. The number of hydrogen-bond acceptors (Lipinski definition) is 8. The Morgan fingerprint density at radius 1 is 0.944 bits per heavy atom. The second-order valence-electron chi connectivity index (χ2n) is 21.6. The number of rotatable bonds is 10. The van der Waals surface area contributed by atoms with Crippen LogP contribution in [0.1, 0.15) is 115 Å². The Labute approximate surface area is 422 Å². The van der Waals surface area contributed by atoms with Crippen LogP contribution in [0.25, 0.3) is 0 Å². The topological polar surface area (TPSA) is 198 Å². The summed E-state index contributed by atoms with van der Waals surface area (Å²) in [4.78, 5) is 104. The number of alkyl halides is 3. The van der Waals surface area contributed by atoms with Crippen molar-refractivity contribution in [2.75, 3.05) is 20.6 Å². The number of hydrogen-bond donors (Lipinski definition) is 5. The minimum atomic E-state index is -4.89. The Morgan fingerprint density at radius 3 is 2.25 bits per heavy atom. The lowest BCUT2D eigenvalue weighted by atomic mass is 9.44. The number of amides is 7. The van der Waals surface area contributed by atoms with Gasteiger partial charge in [-0.2, -0.15) is 13.2 Å². The molecular weight excluding hydrogens is 967 g/mol. The van der Waals surface area contributed by atoms with Gasteiger partial charge in [-0.3, -0.25) is 33.6 Å². The molecule has 7 amide bonds. The molecule has 1 spiro atoms. The molecule has 2 aromatic carbocycles. The molecule has 2 aliphatic heterocycles. The summed E-state index contributed by atoms with van der Waals surface area (Å²) in [7, 11) is 2.83. The van der Waals surface area contributed by atoms with Gasteiger partial charge in [0.25, 0.3) is 0 Å². The van der Waals surface area contributed by atoms with E-state index in [0.717, 1.165) is 11.3 Å². The maximum atomic E-state index is 15.1. The van der Waals surface area contributed by atoms with Gasteiger partial charge in [0.05, 0.1) is 0 Å². The van der Waals surface area contributed by atoms with Crippen LogP contribution < -0.4 is 21.3 Å². The predicted octanol–water partition coefficient (Wildman–Crippen LogP) is 5.98. The maximum Gasteiger partial charge on any atom is 0.403 e. The summed E-state index contributed by atoms with van der Waals surface area (Å²) in [5.74, 6) is -5.84.